The fourth-order valence-electron chi connectivity index (χ4n) is 1.63. The second-order valence-corrected chi connectivity index (χ2v) is 3.65. The third kappa shape index (κ3) is 2.17. The maximum atomic E-state index is 11.5. The lowest BCUT2D eigenvalue weighted by Crippen LogP contribution is -2.27. The van der Waals surface area contributed by atoms with E-state index < -0.39 is 0 Å². The van der Waals surface area contributed by atoms with Gasteiger partial charge >= 0.3 is 0 Å². The van der Waals surface area contributed by atoms with Crippen molar-refractivity contribution in [3.05, 3.63) is 29.8 Å². The Hall–Kier alpha value is -1.55. The number of benzene rings is 1. The highest BCUT2D eigenvalue weighted by Gasteiger charge is 2.45. The second kappa shape index (κ2) is 4.53. The van der Waals surface area contributed by atoms with Crippen molar-refractivity contribution in [1.82, 2.24) is 5.32 Å². The summed E-state index contributed by atoms with van der Waals surface area (Å²) in [6.07, 6.45) is -0.425. The smallest absolute Gasteiger partial charge is 0.252 e. The van der Waals surface area contributed by atoms with Crippen LogP contribution in [0.2, 0.25) is 0 Å². The zero-order valence-electron chi connectivity index (χ0n) is 9.40. The van der Waals surface area contributed by atoms with Crippen molar-refractivity contribution in [2.75, 3.05) is 13.7 Å². The van der Waals surface area contributed by atoms with Crippen molar-refractivity contribution in [2.24, 2.45) is 0 Å². The van der Waals surface area contributed by atoms with Gasteiger partial charge in [-0.25, -0.2) is 0 Å². The van der Waals surface area contributed by atoms with Gasteiger partial charge in [-0.3, -0.25) is 4.79 Å². The van der Waals surface area contributed by atoms with E-state index in [1.807, 2.05) is 31.2 Å². The van der Waals surface area contributed by atoms with Crippen molar-refractivity contribution in [3.63, 3.8) is 0 Å². The Morgan fingerprint density at radius 2 is 2.12 bits per heavy atom. The first-order valence-electron chi connectivity index (χ1n) is 5.33. The second-order valence-electron chi connectivity index (χ2n) is 3.65. The number of carbonyl (C=O) groups excluding carboxylic acids is 1. The number of carbonyl (C=O) groups is 1. The van der Waals surface area contributed by atoms with Crippen LogP contribution in [0.3, 0.4) is 0 Å². The molecule has 4 heteroatoms. The molecule has 1 fully saturated rings. The van der Waals surface area contributed by atoms with Crippen LogP contribution in [0.5, 0.6) is 5.75 Å². The van der Waals surface area contributed by atoms with Crippen LogP contribution in [0, 0.1) is 0 Å². The minimum Gasteiger partial charge on any atom is -0.497 e. The predicted octanol–water partition coefficient (Wildman–Crippen LogP) is 1.27. The Bertz CT molecular complexity index is 374. The summed E-state index contributed by atoms with van der Waals surface area (Å²) in [5.74, 6) is 0.766. The maximum absolute atomic E-state index is 11.5. The van der Waals surface area contributed by atoms with Crippen molar-refractivity contribution < 1.29 is 14.3 Å². The molecule has 1 aliphatic rings. The lowest BCUT2D eigenvalue weighted by molar-refractivity contribution is -0.122. The van der Waals surface area contributed by atoms with Gasteiger partial charge in [0.25, 0.3) is 5.91 Å². The average Bonchev–Trinajstić information content (AvgIpc) is 3.09. The average molecular weight is 221 g/mol. The molecule has 1 N–H and O–H groups in total. The standard InChI is InChI=1S/C12H15NO3/c1-3-13-12(14)11-10(16-11)8-4-6-9(15-2)7-5-8/h4-7,10-11H,3H2,1-2H3,(H,13,14)/t10-,11-/m1/s1. The molecule has 1 aromatic rings. The summed E-state index contributed by atoms with van der Waals surface area (Å²) in [5.41, 5.74) is 1.01. The fourth-order valence-corrected chi connectivity index (χ4v) is 1.63. The van der Waals surface area contributed by atoms with Crippen molar-refractivity contribution in [2.45, 2.75) is 19.1 Å². The molecule has 16 heavy (non-hydrogen) atoms. The summed E-state index contributed by atoms with van der Waals surface area (Å²) in [5, 5.41) is 2.74. The number of hydrogen-bond donors (Lipinski definition) is 1. The Labute approximate surface area is 94.6 Å². The van der Waals surface area contributed by atoms with E-state index in [0.717, 1.165) is 11.3 Å². The van der Waals surface area contributed by atoms with Crippen LogP contribution in [0.4, 0.5) is 0 Å². The van der Waals surface area contributed by atoms with Gasteiger partial charge in [0.05, 0.1) is 7.11 Å². The normalized spacial score (nSPS) is 22.6. The molecule has 4 nitrogen and oxygen atoms in total. The van der Waals surface area contributed by atoms with Crippen LogP contribution in [-0.2, 0) is 9.53 Å². The third-order valence-electron chi connectivity index (χ3n) is 2.55. The number of methoxy groups -OCH3 is 1. The summed E-state index contributed by atoms with van der Waals surface area (Å²) in [6.45, 7) is 2.52. The largest absolute Gasteiger partial charge is 0.497 e. The van der Waals surface area contributed by atoms with Crippen molar-refractivity contribution >= 4 is 5.91 Å². The molecule has 0 aliphatic carbocycles. The zero-order chi connectivity index (χ0) is 11.5. The molecule has 0 saturated carbocycles. The summed E-state index contributed by atoms with van der Waals surface area (Å²) in [4.78, 5) is 11.5. The molecule has 0 unspecified atom stereocenters. The van der Waals surface area contributed by atoms with Gasteiger partial charge in [-0.1, -0.05) is 12.1 Å². The highest BCUT2D eigenvalue weighted by molar-refractivity contribution is 5.83. The van der Waals surface area contributed by atoms with Crippen LogP contribution < -0.4 is 10.1 Å². The van der Waals surface area contributed by atoms with E-state index in [0.29, 0.717) is 6.54 Å². The van der Waals surface area contributed by atoms with Gasteiger partial charge in [0.15, 0.2) is 6.10 Å². The van der Waals surface area contributed by atoms with Gasteiger partial charge in [-0.05, 0) is 24.6 Å². The third-order valence-corrected chi connectivity index (χ3v) is 2.55. The molecule has 1 heterocycles. The fraction of sp³-hybridized carbons (Fsp3) is 0.417. The Morgan fingerprint density at radius 1 is 1.44 bits per heavy atom. The number of ether oxygens (including phenoxy) is 2. The lowest BCUT2D eigenvalue weighted by atomic mass is 10.1. The summed E-state index contributed by atoms with van der Waals surface area (Å²) in [6, 6.07) is 7.57. The number of likely N-dealkylation sites (N-methyl/N-ethyl adjacent to an activating group) is 1. The van der Waals surface area contributed by atoms with Crippen molar-refractivity contribution in [1.29, 1.82) is 0 Å². The number of nitrogens with one attached hydrogen (secondary N) is 1. The van der Waals surface area contributed by atoms with Crippen LogP contribution >= 0.6 is 0 Å². The Kier molecular flexibility index (Phi) is 3.10. The monoisotopic (exact) mass is 221 g/mol. The first-order chi connectivity index (χ1) is 7.76. The van der Waals surface area contributed by atoms with Gasteiger partial charge in [0.2, 0.25) is 0 Å². The molecule has 86 valence electrons. The zero-order valence-corrected chi connectivity index (χ0v) is 9.40. The van der Waals surface area contributed by atoms with Crippen LogP contribution in [0.15, 0.2) is 24.3 Å². The molecule has 2 atom stereocenters. The van der Waals surface area contributed by atoms with Gasteiger partial charge in [-0.15, -0.1) is 0 Å². The highest BCUT2D eigenvalue weighted by Crippen LogP contribution is 2.39. The number of hydrogen-bond acceptors (Lipinski definition) is 3. The van der Waals surface area contributed by atoms with Gasteiger partial charge < -0.3 is 14.8 Å². The highest BCUT2D eigenvalue weighted by atomic mass is 16.6. The van der Waals surface area contributed by atoms with E-state index in [-0.39, 0.29) is 18.1 Å². The molecule has 1 saturated heterocycles. The minimum atomic E-state index is -0.326. The molecule has 2 rings (SSSR count). The maximum Gasteiger partial charge on any atom is 0.252 e. The number of epoxide rings is 1. The summed E-state index contributed by atoms with van der Waals surface area (Å²) in [7, 11) is 1.63. The molecule has 1 aliphatic heterocycles. The predicted molar refractivity (Wildman–Crippen MR) is 59.3 cm³/mol. The molecule has 0 bridgehead atoms. The Morgan fingerprint density at radius 3 is 2.69 bits per heavy atom. The number of amides is 1. The number of rotatable bonds is 4. The molecular formula is C12H15NO3. The van der Waals surface area contributed by atoms with Crippen LogP contribution in [0.1, 0.15) is 18.6 Å². The SMILES string of the molecule is CCNC(=O)[C@@H]1O[C@@H]1c1ccc(OC)cc1. The summed E-state index contributed by atoms with van der Waals surface area (Å²) < 4.78 is 10.4. The van der Waals surface area contributed by atoms with Gasteiger partial charge in [-0.2, -0.15) is 0 Å². The van der Waals surface area contributed by atoms with E-state index in [4.69, 9.17) is 9.47 Å². The van der Waals surface area contributed by atoms with Gasteiger partial charge in [0.1, 0.15) is 11.9 Å². The lowest BCUT2D eigenvalue weighted by Gasteiger charge is -2.00. The van der Waals surface area contributed by atoms with Crippen molar-refractivity contribution in [3.8, 4) is 5.75 Å². The van der Waals surface area contributed by atoms with Crippen LogP contribution in [0.25, 0.3) is 0 Å². The quantitative estimate of drug-likeness (QED) is 0.779. The molecular weight excluding hydrogens is 206 g/mol. The molecule has 1 aromatic carbocycles. The summed E-state index contributed by atoms with van der Waals surface area (Å²) >= 11 is 0. The van der Waals surface area contributed by atoms with E-state index in [2.05, 4.69) is 5.32 Å². The molecule has 0 spiro atoms. The van der Waals surface area contributed by atoms with E-state index >= 15 is 0 Å². The first kappa shape index (κ1) is 11.0. The van der Waals surface area contributed by atoms with Gasteiger partial charge in [0, 0.05) is 6.54 Å². The molecule has 1 amide bonds. The van der Waals surface area contributed by atoms with E-state index in [9.17, 15) is 4.79 Å². The van der Waals surface area contributed by atoms with E-state index in [1.165, 1.54) is 0 Å². The Balaban J connectivity index is 1.97. The molecule has 0 aromatic heterocycles. The minimum absolute atomic E-state index is 0.0386. The first-order valence-corrected chi connectivity index (χ1v) is 5.33. The van der Waals surface area contributed by atoms with Crippen LogP contribution in [-0.4, -0.2) is 25.7 Å². The topological polar surface area (TPSA) is 50.9 Å². The molecule has 0 radical (unpaired) electrons. The van der Waals surface area contributed by atoms with E-state index in [1.54, 1.807) is 7.11 Å².